The van der Waals surface area contributed by atoms with Gasteiger partial charge in [0.1, 0.15) is 11.6 Å². The lowest BCUT2D eigenvalue weighted by molar-refractivity contribution is 0.0643. The highest BCUT2D eigenvalue weighted by atomic mass is 16.3. The Morgan fingerprint density at radius 2 is 1.27 bits per heavy atom. The number of benzene rings is 3. The van der Waals surface area contributed by atoms with E-state index in [9.17, 15) is 5.11 Å². The molecule has 1 atom stereocenters. The highest BCUT2D eigenvalue weighted by molar-refractivity contribution is 5.47. The quantitative estimate of drug-likeness (QED) is 0.679. The third-order valence-electron chi connectivity index (χ3n) is 5.17. The number of allylic oxidation sites excluding steroid dienone is 1. The van der Waals surface area contributed by atoms with Gasteiger partial charge in [-0.05, 0) is 23.6 Å². The summed E-state index contributed by atoms with van der Waals surface area (Å²) in [7, 11) is 0. The van der Waals surface area contributed by atoms with Crippen LogP contribution < -0.4 is 0 Å². The third kappa shape index (κ3) is 2.83. The summed E-state index contributed by atoms with van der Waals surface area (Å²) in [6.45, 7) is 2.84. The van der Waals surface area contributed by atoms with Crippen LogP contribution in [0.25, 0.3) is 0 Å². The van der Waals surface area contributed by atoms with Gasteiger partial charge in [0.05, 0.1) is 0 Å². The van der Waals surface area contributed by atoms with E-state index in [-0.39, 0.29) is 6.04 Å². The van der Waals surface area contributed by atoms with Crippen molar-refractivity contribution in [3.8, 4) is 0 Å². The molecule has 0 radical (unpaired) electrons. The largest absolute Gasteiger partial charge is 0.378 e. The predicted molar refractivity (Wildman–Crippen MR) is 105 cm³/mol. The van der Waals surface area contributed by atoms with Crippen LogP contribution in [0.2, 0.25) is 0 Å². The van der Waals surface area contributed by atoms with Gasteiger partial charge in [0.2, 0.25) is 0 Å². The molecule has 0 unspecified atom stereocenters. The number of rotatable bonds is 5. The maximum Gasteiger partial charge on any atom is 0.140 e. The van der Waals surface area contributed by atoms with Gasteiger partial charge < -0.3 is 10.0 Å². The second kappa shape index (κ2) is 6.81. The van der Waals surface area contributed by atoms with Crippen LogP contribution in [0.5, 0.6) is 0 Å². The Morgan fingerprint density at radius 3 is 1.73 bits per heavy atom. The second-order valence-corrected chi connectivity index (χ2v) is 6.73. The first-order chi connectivity index (χ1) is 12.7. The highest BCUT2D eigenvalue weighted by Crippen LogP contribution is 2.49. The first-order valence-electron chi connectivity index (χ1n) is 9.05. The van der Waals surface area contributed by atoms with Crippen molar-refractivity contribution in [2.24, 2.45) is 0 Å². The van der Waals surface area contributed by atoms with E-state index in [1.165, 1.54) is 11.3 Å². The Morgan fingerprint density at radius 1 is 0.808 bits per heavy atom. The number of nitrogens with zero attached hydrogens (tertiary/aromatic N) is 1. The average Bonchev–Trinajstić information content (AvgIpc) is 3.42. The molecule has 3 aromatic carbocycles. The molecule has 0 bridgehead atoms. The van der Waals surface area contributed by atoms with E-state index < -0.39 is 5.60 Å². The van der Waals surface area contributed by atoms with Crippen molar-refractivity contribution < 1.29 is 5.11 Å². The second-order valence-electron chi connectivity index (χ2n) is 6.73. The van der Waals surface area contributed by atoms with Crippen LogP contribution in [-0.4, -0.2) is 16.0 Å². The fraction of sp³-hybridized carbons (Fsp3) is 0.167. The maximum absolute atomic E-state index is 12.0. The van der Waals surface area contributed by atoms with Crippen LogP contribution in [0.15, 0.2) is 103 Å². The molecular formula is C24H23NO. The topological polar surface area (TPSA) is 23.2 Å². The van der Waals surface area contributed by atoms with Crippen LogP contribution in [-0.2, 0) is 12.1 Å². The highest BCUT2D eigenvalue weighted by Gasteiger charge is 2.55. The van der Waals surface area contributed by atoms with Crippen LogP contribution >= 0.6 is 0 Å². The Hall–Kier alpha value is -2.84. The van der Waals surface area contributed by atoms with Crippen molar-refractivity contribution in [3.63, 3.8) is 0 Å². The standard InChI is InChI=1S/C24H23NO/c1-2-22-23(25(22)18-19-12-6-3-7-13-19)24(26,20-14-8-4-9-15-20)21-16-10-5-11-17-21/h2-17,23,26H,18H2,1H3/b22-2-/t23-,25?/m0/s1. The smallest absolute Gasteiger partial charge is 0.140 e. The minimum atomic E-state index is -1.07. The Bertz CT molecular complexity index is 848. The van der Waals surface area contributed by atoms with Crippen LogP contribution in [0.3, 0.4) is 0 Å². The van der Waals surface area contributed by atoms with Gasteiger partial charge >= 0.3 is 0 Å². The summed E-state index contributed by atoms with van der Waals surface area (Å²) in [5.41, 5.74) is 3.21. The molecule has 0 amide bonds. The van der Waals surface area contributed by atoms with E-state index >= 15 is 0 Å². The molecular weight excluding hydrogens is 318 g/mol. The number of hydrogen-bond acceptors (Lipinski definition) is 2. The predicted octanol–water partition coefficient (Wildman–Crippen LogP) is 4.71. The molecule has 26 heavy (non-hydrogen) atoms. The summed E-state index contributed by atoms with van der Waals surface area (Å²) in [5, 5.41) is 12.0. The van der Waals surface area contributed by atoms with E-state index in [1.54, 1.807) is 0 Å². The summed E-state index contributed by atoms with van der Waals surface area (Å²) < 4.78 is 0. The lowest BCUT2D eigenvalue weighted by Crippen LogP contribution is -2.35. The molecule has 2 nitrogen and oxygen atoms in total. The van der Waals surface area contributed by atoms with Crippen molar-refractivity contribution in [3.05, 3.63) is 119 Å². The molecule has 4 rings (SSSR count). The lowest BCUT2D eigenvalue weighted by atomic mass is 9.82. The maximum atomic E-state index is 12.0. The molecule has 1 N–H and O–H groups in total. The van der Waals surface area contributed by atoms with Gasteiger partial charge in [-0.1, -0.05) is 97.1 Å². The van der Waals surface area contributed by atoms with Gasteiger partial charge in [0.25, 0.3) is 0 Å². The third-order valence-corrected chi connectivity index (χ3v) is 5.17. The number of hydrogen-bond donors (Lipinski definition) is 1. The van der Waals surface area contributed by atoms with E-state index in [0.29, 0.717) is 0 Å². The van der Waals surface area contributed by atoms with E-state index in [0.717, 1.165) is 17.7 Å². The van der Waals surface area contributed by atoms with E-state index in [1.807, 2.05) is 73.7 Å². The fourth-order valence-electron chi connectivity index (χ4n) is 3.84. The molecule has 1 aliphatic rings. The summed E-state index contributed by atoms with van der Waals surface area (Å²) in [6, 6.07) is 30.3. The SMILES string of the molecule is C/C=C1/[C@@H](C(O)(c2ccccc2)c2ccccc2)N1Cc1ccccc1. The Kier molecular flexibility index (Phi) is 4.36. The molecule has 0 aliphatic carbocycles. The number of aliphatic hydroxyl groups is 1. The van der Waals surface area contributed by atoms with E-state index in [4.69, 9.17) is 0 Å². The van der Waals surface area contributed by atoms with Crippen molar-refractivity contribution >= 4 is 0 Å². The molecule has 0 saturated carbocycles. The van der Waals surface area contributed by atoms with Crippen molar-refractivity contribution in [1.82, 2.24) is 4.90 Å². The summed E-state index contributed by atoms with van der Waals surface area (Å²) in [5.74, 6) is 0. The molecule has 130 valence electrons. The van der Waals surface area contributed by atoms with Crippen molar-refractivity contribution in [2.45, 2.75) is 25.1 Å². The van der Waals surface area contributed by atoms with Crippen LogP contribution in [0.4, 0.5) is 0 Å². The Balaban J connectivity index is 1.75. The zero-order chi connectivity index (χ0) is 18.0. The fourth-order valence-corrected chi connectivity index (χ4v) is 3.84. The molecule has 3 aromatic rings. The molecule has 1 saturated heterocycles. The minimum Gasteiger partial charge on any atom is -0.378 e. The first kappa shape index (κ1) is 16.6. The summed E-state index contributed by atoms with van der Waals surface area (Å²) >= 11 is 0. The van der Waals surface area contributed by atoms with E-state index in [2.05, 4.69) is 35.2 Å². The molecule has 1 heterocycles. The summed E-state index contributed by atoms with van der Waals surface area (Å²) in [6.07, 6.45) is 2.12. The normalized spacial score (nSPS) is 18.2. The van der Waals surface area contributed by atoms with Gasteiger partial charge in [-0.15, -0.1) is 0 Å². The minimum absolute atomic E-state index is 0.0579. The molecule has 0 aromatic heterocycles. The lowest BCUT2D eigenvalue weighted by Gasteiger charge is -2.29. The van der Waals surface area contributed by atoms with Gasteiger partial charge in [-0.25, -0.2) is 0 Å². The zero-order valence-electron chi connectivity index (χ0n) is 14.9. The van der Waals surface area contributed by atoms with Crippen molar-refractivity contribution in [1.29, 1.82) is 0 Å². The summed E-state index contributed by atoms with van der Waals surface area (Å²) in [4.78, 5) is 2.29. The van der Waals surface area contributed by atoms with Crippen LogP contribution in [0, 0.1) is 0 Å². The average molecular weight is 341 g/mol. The van der Waals surface area contributed by atoms with Gasteiger partial charge in [0, 0.05) is 12.2 Å². The van der Waals surface area contributed by atoms with Gasteiger partial charge in [-0.2, -0.15) is 0 Å². The van der Waals surface area contributed by atoms with Gasteiger partial charge in [0.15, 0.2) is 0 Å². The van der Waals surface area contributed by atoms with Crippen molar-refractivity contribution in [2.75, 3.05) is 0 Å². The first-order valence-corrected chi connectivity index (χ1v) is 9.05. The molecule has 0 spiro atoms. The monoisotopic (exact) mass is 341 g/mol. The zero-order valence-corrected chi connectivity index (χ0v) is 14.9. The molecule has 1 fully saturated rings. The molecule has 1 aliphatic heterocycles. The molecule has 2 heteroatoms. The Labute approximate surface area is 155 Å². The van der Waals surface area contributed by atoms with Gasteiger partial charge in [-0.3, -0.25) is 0 Å². The van der Waals surface area contributed by atoms with Crippen LogP contribution in [0.1, 0.15) is 23.6 Å².